The summed E-state index contributed by atoms with van der Waals surface area (Å²) in [5.41, 5.74) is 7.43. The van der Waals surface area contributed by atoms with Gasteiger partial charge in [0.05, 0.1) is 6.61 Å². The fraction of sp³-hybridized carbons (Fsp3) is 0.533. The van der Waals surface area contributed by atoms with Crippen molar-refractivity contribution in [3.05, 3.63) is 29.8 Å². The van der Waals surface area contributed by atoms with Crippen molar-refractivity contribution in [3.8, 4) is 0 Å². The number of carbonyl (C=O) groups excluding carboxylic acids is 1. The molecule has 106 valence electrons. The number of hydrogen-bond acceptors (Lipinski definition) is 4. The molecule has 1 aromatic carbocycles. The van der Waals surface area contributed by atoms with Gasteiger partial charge in [-0.2, -0.15) is 0 Å². The monoisotopic (exact) mass is 265 g/mol. The van der Waals surface area contributed by atoms with E-state index in [-0.39, 0.29) is 5.97 Å². The van der Waals surface area contributed by atoms with Crippen LogP contribution in [0.4, 0.5) is 5.69 Å². The van der Waals surface area contributed by atoms with E-state index < -0.39 is 0 Å². The second-order valence-electron chi connectivity index (χ2n) is 4.93. The highest BCUT2D eigenvalue weighted by molar-refractivity contribution is 5.69. The summed E-state index contributed by atoms with van der Waals surface area (Å²) in [6.07, 6.45) is 1.02. The summed E-state index contributed by atoms with van der Waals surface area (Å²) >= 11 is 0. The normalized spacial score (nSPS) is 10.7. The number of anilines is 1. The zero-order chi connectivity index (χ0) is 14.1. The van der Waals surface area contributed by atoms with E-state index in [1.165, 1.54) is 0 Å². The minimum atomic E-state index is -0.199. The molecule has 0 aliphatic rings. The summed E-state index contributed by atoms with van der Waals surface area (Å²) in [6, 6.07) is 7.54. The zero-order valence-corrected chi connectivity index (χ0v) is 11.7. The number of nitrogen functional groups attached to an aromatic ring is 1. The molecule has 0 aromatic heterocycles. The van der Waals surface area contributed by atoms with Crippen molar-refractivity contribution in [2.45, 2.75) is 26.7 Å². The van der Waals surface area contributed by atoms with Crippen molar-refractivity contribution < 1.29 is 14.3 Å². The molecule has 2 N–H and O–H groups in total. The highest BCUT2D eigenvalue weighted by Crippen LogP contribution is 2.09. The first-order valence-electron chi connectivity index (χ1n) is 6.65. The van der Waals surface area contributed by atoms with Crippen LogP contribution in [0.15, 0.2) is 24.3 Å². The van der Waals surface area contributed by atoms with Gasteiger partial charge in [0, 0.05) is 18.7 Å². The molecule has 0 saturated carbocycles. The lowest BCUT2D eigenvalue weighted by atomic mass is 10.1. The lowest BCUT2D eigenvalue weighted by Gasteiger charge is -2.08. The van der Waals surface area contributed by atoms with Crippen LogP contribution in [0.2, 0.25) is 0 Å². The Bertz CT molecular complexity index is 391. The minimum absolute atomic E-state index is 0.199. The Morgan fingerprint density at radius 3 is 2.79 bits per heavy atom. The number of hydrogen-bond donors (Lipinski definition) is 1. The highest BCUT2D eigenvalue weighted by Gasteiger charge is 2.04. The quantitative estimate of drug-likeness (QED) is 0.445. The van der Waals surface area contributed by atoms with Gasteiger partial charge in [0.25, 0.3) is 0 Å². The predicted octanol–water partition coefficient (Wildman–Crippen LogP) is 2.42. The molecule has 0 amide bonds. The predicted molar refractivity (Wildman–Crippen MR) is 75.8 cm³/mol. The Balaban J connectivity index is 2.11. The number of carbonyl (C=O) groups is 1. The molecule has 0 aliphatic heterocycles. The van der Waals surface area contributed by atoms with E-state index in [1.54, 1.807) is 0 Å². The second-order valence-corrected chi connectivity index (χ2v) is 4.93. The van der Waals surface area contributed by atoms with E-state index in [1.807, 2.05) is 24.3 Å². The minimum Gasteiger partial charge on any atom is -0.463 e. The number of aryl methyl sites for hydroxylation is 1. The third-order valence-corrected chi connectivity index (χ3v) is 2.51. The fourth-order valence-corrected chi connectivity index (χ4v) is 1.60. The van der Waals surface area contributed by atoms with Crippen molar-refractivity contribution in [3.63, 3.8) is 0 Å². The van der Waals surface area contributed by atoms with Crippen LogP contribution in [0, 0.1) is 5.92 Å². The molecular formula is C15H23NO3. The number of benzene rings is 1. The van der Waals surface area contributed by atoms with Crippen molar-refractivity contribution in [1.29, 1.82) is 0 Å². The van der Waals surface area contributed by atoms with Gasteiger partial charge in [-0.05, 0) is 30.0 Å². The van der Waals surface area contributed by atoms with Crippen LogP contribution in [0.3, 0.4) is 0 Å². The summed E-state index contributed by atoms with van der Waals surface area (Å²) < 4.78 is 10.4. The van der Waals surface area contributed by atoms with Gasteiger partial charge in [0.1, 0.15) is 6.61 Å². The van der Waals surface area contributed by atoms with Crippen molar-refractivity contribution in [2.75, 3.05) is 25.6 Å². The van der Waals surface area contributed by atoms with E-state index >= 15 is 0 Å². The second kappa shape index (κ2) is 8.53. The first-order chi connectivity index (χ1) is 9.08. The molecule has 4 nitrogen and oxygen atoms in total. The van der Waals surface area contributed by atoms with Crippen LogP contribution in [-0.2, 0) is 20.7 Å². The maximum Gasteiger partial charge on any atom is 0.306 e. The van der Waals surface area contributed by atoms with Crippen molar-refractivity contribution in [1.82, 2.24) is 0 Å². The van der Waals surface area contributed by atoms with Crippen molar-refractivity contribution in [2.24, 2.45) is 5.92 Å². The molecule has 0 radical (unpaired) electrons. The Kier molecular flexibility index (Phi) is 6.97. The van der Waals surface area contributed by atoms with Gasteiger partial charge in [-0.25, -0.2) is 0 Å². The Morgan fingerprint density at radius 2 is 2.11 bits per heavy atom. The van der Waals surface area contributed by atoms with Crippen LogP contribution in [0.5, 0.6) is 0 Å². The topological polar surface area (TPSA) is 61.5 Å². The van der Waals surface area contributed by atoms with Gasteiger partial charge in [0.2, 0.25) is 0 Å². The van der Waals surface area contributed by atoms with Gasteiger partial charge >= 0.3 is 5.97 Å². The average Bonchev–Trinajstić information content (AvgIpc) is 2.35. The molecular weight excluding hydrogens is 242 g/mol. The summed E-state index contributed by atoms with van der Waals surface area (Å²) in [4.78, 5) is 11.5. The van der Waals surface area contributed by atoms with Gasteiger partial charge in [-0.3, -0.25) is 4.79 Å². The summed E-state index contributed by atoms with van der Waals surface area (Å²) in [7, 11) is 0. The van der Waals surface area contributed by atoms with E-state index in [9.17, 15) is 4.79 Å². The van der Waals surface area contributed by atoms with Gasteiger partial charge < -0.3 is 15.2 Å². The van der Waals surface area contributed by atoms with Crippen LogP contribution in [0.25, 0.3) is 0 Å². The lowest BCUT2D eigenvalue weighted by Crippen LogP contribution is -2.13. The lowest BCUT2D eigenvalue weighted by molar-refractivity contribution is -0.145. The third-order valence-electron chi connectivity index (χ3n) is 2.51. The third kappa shape index (κ3) is 7.47. The largest absolute Gasteiger partial charge is 0.463 e. The number of esters is 1. The number of ether oxygens (including phenoxy) is 2. The van der Waals surface area contributed by atoms with Gasteiger partial charge in [0.15, 0.2) is 0 Å². The first kappa shape index (κ1) is 15.5. The maximum atomic E-state index is 11.5. The smallest absolute Gasteiger partial charge is 0.306 e. The van der Waals surface area contributed by atoms with Gasteiger partial charge in [-0.1, -0.05) is 26.0 Å². The molecule has 0 unspecified atom stereocenters. The van der Waals surface area contributed by atoms with Crippen LogP contribution < -0.4 is 5.73 Å². The molecule has 0 saturated heterocycles. The number of rotatable bonds is 8. The van der Waals surface area contributed by atoms with E-state index in [4.69, 9.17) is 15.2 Å². The standard InChI is InChI=1S/C15H23NO3/c1-12(2)11-18-8-9-19-15(17)7-6-13-4-3-5-14(16)10-13/h3-5,10,12H,6-9,11,16H2,1-2H3. The van der Waals surface area contributed by atoms with Crippen LogP contribution in [0.1, 0.15) is 25.8 Å². The summed E-state index contributed by atoms with van der Waals surface area (Å²) in [6.45, 7) is 5.64. The average molecular weight is 265 g/mol. The summed E-state index contributed by atoms with van der Waals surface area (Å²) in [5, 5.41) is 0. The molecule has 1 aromatic rings. The van der Waals surface area contributed by atoms with Crippen LogP contribution in [-0.4, -0.2) is 25.8 Å². The molecule has 0 atom stereocenters. The van der Waals surface area contributed by atoms with Crippen LogP contribution >= 0.6 is 0 Å². The highest BCUT2D eigenvalue weighted by atomic mass is 16.6. The maximum absolute atomic E-state index is 11.5. The molecule has 0 fully saturated rings. The summed E-state index contributed by atoms with van der Waals surface area (Å²) in [5.74, 6) is 0.301. The van der Waals surface area contributed by atoms with E-state index in [2.05, 4.69) is 13.8 Å². The van der Waals surface area contributed by atoms with E-state index in [0.29, 0.717) is 44.3 Å². The molecule has 0 bridgehead atoms. The molecule has 4 heteroatoms. The SMILES string of the molecule is CC(C)COCCOC(=O)CCc1cccc(N)c1. The molecule has 0 aliphatic carbocycles. The molecule has 19 heavy (non-hydrogen) atoms. The van der Waals surface area contributed by atoms with E-state index in [0.717, 1.165) is 5.56 Å². The Labute approximate surface area is 114 Å². The first-order valence-corrected chi connectivity index (χ1v) is 6.65. The molecule has 0 heterocycles. The molecule has 1 rings (SSSR count). The van der Waals surface area contributed by atoms with Crippen molar-refractivity contribution >= 4 is 11.7 Å². The zero-order valence-electron chi connectivity index (χ0n) is 11.7. The Morgan fingerprint density at radius 1 is 1.32 bits per heavy atom. The number of nitrogens with two attached hydrogens (primary N) is 1. The molecule has 0 spiro atoms. The Hall–Kier alpha value is -1.55. The van der Waals surface area contributed by atoms with Gasteiger partial charge in [-0.15, -0.1) is 0 Å². The fourth-order valence-electron chi connectivity index (χ4n) is 1.60.